The number of benzene rings is 3. The number of carbonyl (C=O) groups is 2. The maximum Gasteiger partial charge on any atom is 0.264 e. The number of hydrogen-bond donors (Lipinski definition) is 1. The summed E-state index contributed by atoms with van der Waals surface area (Å²) in [6, 6.07) is 16.1. The van der Waals surface area contributed by atoms with E-state index in [4.69, 9.17) is 23.2 Å². The molecular formula is C33H39Cl2N3O4S. The Balaban J connectivity index is 1.73. The van der Waals surface area contributed by atoms with Crippen molar-refractivity contribution in [1.29, 1.82) is 0 Å². The molecule has 3 aromatic carbocycles. The van der Waals surface area contributed by atoms with E-state index in [9.17, 15) is 18.0 Å². The average molecular weight is 645 g/mol. The number of halogens is 2. The van der Waals surface area contributed by atoms with Gasteiger partial charge in [0.25, 0.3) is 10.0 Å². The number of rotatable bonds is 10. The smallest absolute Gasteiger partial charge is 0.264 e. The fourth-order valence-corrected chi connectivity index (χ4v) is 7.38. The second-order valence-electron chi connectivity index (χ2n) is 11.4. The van der Waals surface area contributed by atoms with Gasteiger partial charge in [0.05, 0.1) is 10.6 Å². The number of amides is 2. The van der Waals surface area contributed by atoms with E-state index in [1.165, 1.54) is 17.0 Å². The van der Waals surface area contributed by atoms with Crippen LogP contribution in [0.4, 0.5) is 5.69 Å². The minimum Gasteiger partial charge on any atom is -0.352 e. The molecule has 0 unspecified atom stereocenters. The first-order chi connectivity index (χ1) is 20.4. The molecule has 0 spiro atoms. The van der Waals surface area contributed by atoms with E-state index in [0.717, 1.165) is 53.1 Å². The van der Waals surface area contributed by atoms with Gasteiger partial charge in [-0.25, -0.2) is 8.42 Å². The molecule has 1 aliphatic rings. The molecule has 0 aliphatic heterocycles. The van der Waals surface area contributed by atoms with Crippen molar-refractivity contribution < 1.29 is 18.0 Å². The van der Waals surface area contributed by atoms with Gasteiger partial charge in [0.1, 0.15) is 12.6 Å². The number of nitrogens with zero attached hydrogens (tertiary/aromatic N) is 2. The van der Waals surface area contributed by atoms with Gasteiger partial charge in [-0.1, -0.05) is 72.3 Å². The highest BCUT2D eigenvalue weighted by Crippen LogP contribution is 2.29. The molecule has 0 radical (unpaired) electrons. The number of anilines is 1. The van der Waals surface area contributed by atoms with Gasteiger partial charge in [-0.2, -0.15) is 0 Å². The summed E-state index contributed by atoms with van der Waals surface area (Å²) in [6.07, 6.45) is 5.00. The van der Waals surface area contributed by atoms with Crippen LogP contribution in [0, 0.1) is 20.8 Å². The summed E-state index contributed by atoms with van der Waals surface area (Å²) in [7, 11) is -4.16. The highest BCUT2D eigenvalue weighted by atomic mass is 35.5. The van der Waals surface area contributed by atoms with Crippen LogP contribution >= 0.6 is 23.2 Å². The van der Waals surface area contributed by atoms with Crippen LogP contribution in [0.25, 0.3) is 0 Å². The fraction of sp³-hybridized carbons (Fsp3) is 0.394. The first-order valence-corrected chi connectivity index (χ1v) is 16.8. The van der Waals surface area contributed by atoms with Crippen molar-refractivity contribution >= 4 is 50.7 Å². The maximum atomic E-state index is 14.2. The van der Waals surface area contributed by atoms with Crippen molar-refractivity contribution in [2.45, 2.75) is 83.3 Å². The second-order valence-corrected chi connectivity index (χ2v) is 14.1. The molecule has 3 aromatic rings. The van der Waals surface area contributed by atoms with Gasteiger partial charge in [0.15, 0.2) is 0 Å². The molecule has 43 heavy (non-hydrogen) atoms. The lowest BCUT2D eigenvalue weighted by Gasteiger charge is -2.33. The van der Waals surface area contributed by atoms with Crippen LogP contribution in [-0.4, -0.2) is 43.8 Å². The van der Waals surface area contributed by atoms with Gasteiger partial charge in [-0.3, -0.25) is 13.9 Å². The van der Waals surface area contributed by atoms with Crippen molar-refractivity contribution in [3.63, 3.8) is 0 Å². The van der Waals surface area contributed by atoms with E-state index >= 15 is 0 Å². The molecule has 7 nitrogen and oxygen atoms in total. The van der Waals surface area contributed by atoms with Gasteiger partial charge in [0, 0.05) is 28.2 Å². The summed E-state index contributed by atoms with van der Waals surface area (Å²) < 4.78 is 29.3. The average Bonchev–Trinajstić information content (AvgIpc) is 2.95. The van der Waals surface area contributed by atoms with Crippen LogP contribution in [-0.2, 0) is 26.2 Å². The zero-order chi connectivity index (χ0) is 31.3. The minimum atomic E-state index is -4.16. The summed E-state index contributed by atoms with van der Waals surface area (Å²) in [5.41, 5.74) is 3.46. The third-order valence-electron chi connectivity index (χ3n) is 7.89. The van der Waals surface area contributed by atoms with E-state index in [-0.39, 0.29) is 23.4 Å². The lowest BCUT2D eigenvalue weighted by atomic mass is 9.95. The van der Waals surface area contributed by atoms with Crippen molar-refractivity contribution in [3.8, 4) is 0 Å². The molecule has 1 saturated carbocycles. The quantitative estimate of drug-likeness (QED) is 0.258. The molecular weight excluding hydrogens is 605 g/mol. The summed E-state index contributed by atoms with van der Waals surface area (Å²) >= 11 is 13.0. The Kier molecular flexibility index (Phi) is 10.8. The third-order valence-corrected chi connectivity index (χ3v) is 10.4. The van der Waals surface area contributed by atoms with Gasteiger partial charge >= 0.3 is 0 Å². The maximum absolute atomic E-state index is 14.2. The topological polar surface area (TPSA) is 86.8 Å². The summed E-state index contributed by atoms with van der Waals surface area (Å²) in [6.45, 7) is 6.68. The number of hydrogen-bond acceptors (Lipinski definition) is 4. The molecule has 1 atom stereocenters. The Morgan fingerprint density at radius 3 is 2.05 bits per heavy atom. The lowest BCUT2D eigenvalue weighted by molar-refractivity contribution is -0.139. The van der Waals surface area contributed by atoms with Crippen LogP contribution in [0.5, 0.6) is 0 Å². The number of sulfonamides is 1. The third kappa shape index (κ3) is 8.11. The van der Waals surface area contributed by atoms with E-state index in [2.05, 4.69) is 5.32 Å². The molecule has 0 bridgehead atoms. The van der Waals surface area contributed by atoms with Crippen molar-refractivity contribution in [3.05, 3.63) is 93.0 Å². The van der Waals surface area contributed by atoms with Gasteiger partial charge in [-0.15, -0.1) is 0 Å². The molecule has 0 saturated heterocycles. The van der Waals surface area contributed by atoms with E-state index in [1.807, 2.05) is 26.8 Å². The lowest BCUT2D eigenvalue weighted by Crippen LogP contribution is -2.53. The zero-order valence-electron chi connectivity index (χ0n) is 25.1. The minimum absolute atomic E-state index is 0.0400. The summed E-state index contributed by atoms with van der Waals surface area (Å²) in [5, 5.41) is 3.80. The largest absolute Gasteiger partial charge is 0.352 e. The van der Waals surface area contributed by atoms with Crippen molar-refractivity contribution in [2.75, 3.05) is 10.8 Å². The van der Waals surface area contributed by atoms with Gasteiger partial charge in [-0.05, 0) is 88.1 Å². The summed E-state index contributed by atoms with van der Waals surface area (Å²) in [5.74, 6) is -0.861. The van der Waals surface area contributed by atoms with Crippen LogP contribution in [0.2, 0.25) is 10.0 Å². The number of carbonyl (C=O) groups excluding carboxylic acids is 2. The first-order valence-electron chi connectivity index (χ1n) is 14.6. The zero-order valence-corrected chi connectivity index (χ0v) is 27.4. The molecule has 0 heterocycles. The highest BCUT2D eigenvalue weighted by Gasteiger charge is 2.34. The van der Waals surface area contributed by atoms with E-state index in [0.29, 0.717) is 21.3 Å². The SMILES string of the molecule is Cc1ccc(S(=O)(=O)N(CC(=O)N(Cc2c(Cl)cccc2Cl)[C@H](C)C(=O)NC2CCCCC2)c2cc(C)cc(C)c2)cc1. The monoisotopic (exact) mass is 643 g/mol. The van der Waals surface area contributed by atoms with Crippen LogP contribution in [0.1, 0.15) is 61.3 Å². The Bertz CT molecular complexity index is 1530. The van der Waals surface area contributed by atoms with Gasteiger partial charge in [0.2, 0.25) is 11.8 Å². The van der Waals surface area contributed by atoms with Crippen LogP contribution in [0.3, 0.4) is 0 Å². The molecule has 230 valence electrons. The molecule has 1 fully saturated rings. The Hall–Kier alpha value is -3.07. The fourth-order valence-electron chi connectivity index (χ4n) is 5.47. The molecule has 0 aromatic heterocycles. The molecule has 1 aliphatic carbocycles. The van der Waals surface area contributed by atoms with E-state index < -0.39 is 28.5 Å². The van der Waals surface area contributed by atoms with Crippen LogP contribution < -0.4 is 9.62 Å². The first kappa shape index (κ1) is 32.8. The van der Waals surface area contributed by atoms with Crippen LogP contribution in [0.15, 0.2) is 65.6 Å². The second kappa shape index (κ2) is 14.1. The summed E-state index contributed by atoms with van der Waals surface area (Å²) in [4.78, 5) is 29.2. The molecule has 2 amide bonds. The normalized spacial score (nSPS) is 14.7. The van der Waals surface area contributed by atoms with Gasteiger partial charge < -0.3 is 10.2 Å². The highest BCUT2D eigenvalue weighted by molar-refractivity contribution is 7.92. The van der Waals surface area contributed by atoms with Crippen molar-refractivity contribution in [1.82, 2.24) is 10.2 Å². The predicted molar refractivity (Wildman–Crippen MR) is 173 cm³/mol. The molecule has 10 heteroatoms. The Labute approximate surface area is 265 Å². The molecule has 1 N–H and O–H groups in total. The standard InChI is InChI=1S/C33H39Cl2N3O4S/c1-22-13-15-28(16-14-22)43(41,42)38(27-18-23(2)17-24(3)19-27)21-32(39)37(20-29-30(34)11-8-12-31(29)35)25(4)33(40)36-26-9-6-5-7-10-26/h8,11-19,25-26H,5-7,9-10,20-21H2,1-4H3,(H,36,40)/t25-/m1/s1. The number of nitrogens with one attached hydrogen (secondary N) is 1. The molecule has 4 rings (SSSR count). The number of aryl methyl sites for hydroxylation is 3. The Morgan fingerprint density at radius 1 is 0.884 bits per heavy atom. The predicted octanol–water partition coefficient (Wildman–Crippen LogP) is 6.98. The van der Waals surface area contributed by atoms with E-state index in [1.54, 1.807) is 49.4 Å². The Morgan fingerprint density at radius 2 is 1.47 bits per heavy atom. The van der Waals surface area contributed by atoms with Crippen molar-refractivity contribution in [2.24, 2.45) is 0 Å².